The zero-order valence-corrected chi connectivity index (χ0v) is 22.3. The molecule has 0 amide bonds. The second-order valence-corrected chi connectivity index (χ2v) is 11.9. The molecular weight excluding hydrogens is 514 g/mol. The molecule has 5 aromatic rings. The number of nitrogens with one attached hydrogen (secondary N) is 2. The van der Waals surface area contributed by atoms with Gasteiger partial charge in [0, 0.05) is 11.1 Å². The highest BCUT2D eigenvalue weighted by Gasteiger charge is 2.18. The number of benzene rings is 3. The lowest BCUT2D eigenvalue weighted by atomic mass is 9.88. The third-order valence-corrected chi connectivity index (χ3v) is 8.79. The van der Waals surface area contributed by atoms with E-state index in [1.807, 2.05) is 37.3 Å². The zero-order chi connectivity index (χ0) is 26.1. The Hall–Kier alpha value is -4.08. The van der Waals surface area contributed by atoms with Crippen LogP contribution in [0.5, 0.6) is 0 Å². The van der Waals surface area contributed by atoms with E-state index >= 15 is 0 Å². The first-order chi connectivity index (χ1) is 18.4. The van der Waals surface area contributed by atoms with Gasteiger partial charge in [0.05, 0.1) is 26.5 Å². The van der Waals surface area contributed by atoms with Crippen LogP contribution >= 0.6 is 11.3 Å². The zero-order valence-electron chi connectivity index (χ0n) is 20.7. The van der Waals surface area contributed by atoms with Crippen molar-refractivity contribution < 1.29 is 8.42 Å². The van der Waals surface area contributed by atoms with E-state index in [1.54, 1.807) is 47.7 Å². The van der Waals surface area contributed by atoms with E-state index in [4.69, 9.17) is 5.10 Å². The first-order valence-corrected chi connectivity index (χ1v) is 14.6. The van der Waals surface area contributed by atoms with Crippen molar-refractivity contribution in [3.8, 4) is 11.3 Å². The summed E-state index contributed by atoms with van der Waals surface area (Å²) in [6.45, 7) is 1.92. The lowest BCUT2D eigenvalue weighted by Gasteiger charge is -2.19. The van der Waals surface area contributed by atoms with Gasteiger partial charge in [0.2, 0.25) is 5.13 Å². The first kappa shape index (κ1) is 24.3. The van der Waals surface area contributed by atoms with Gasteiger partial charge in [-0.3, -0.25) is 10.1 Å². The van der Waals surface area contributed by atoms with Gasteiger partial charge in [0.1, 0.15) is 5.82 Å². The Morgan fingerprint density at radius 2 is 1.74 bits per heavy atom. The Labute approximate surface area is 225 Å². The summed E-state index contributed by atoms with van der Waals surface area (Å²) in [4.78, 5) is 9.43. The van der Waals surface area contributed by atoms with Gasteiger partial charge in [0.15, 0.2) is 0 Å². The van der Waals surface area contributed by atoms with Gasteiger partial charge in [-0.1, -0.05) is 59.4 Å². The number of para-hydroxylation sites is 1. The van der Waals surface area contributed by atoms with Gasteiger partial charge >= 0.3 is 0 Å². The van der Waals surface area contributed by atoms with E-state index in [2.05, 4.69) is 38.3 Å². The van der Waals surface area contributed by atoms with Gasteiger partial charge in [0.25, 0.3) is 10.0 Å². The molecule has 0 aliphatic heterocycles. The summed E-state index contributed by atoms with van der Waals surface area (Å²) in [5, 5.41) is 5.49. The van der Waals surface area contributed by atoms with E-state index in [9.17, 15) is 8.42 Å². The molecule has 9 heteroatoms. The van der Waals surface area contributed by atoms with E-state index < -0.39 is 10.0 Å². The number of hydrogen-bond donors (Lipinski definition) is 2. The summed E-state index contributed by atoms with van der Waals surface area (Å²) in [7, 11) is -3.74. The quantitative estimate of drug-likeness (QED) is 0.236. The van der Waals surface area contributed by atoms with Crippen LogP contribution in [0.3, 0.4) is 0 Å². The van der Waals surface area contributed by atoms with Gasteiger partial charge < -0.3 is 0 Å². The standard InChI is InChI=1S/C29H25N5O2S2/c1-19-12-16-22(17-13-19)38(35,36)34-28-11-5-8-24(30-28)21-15-14-20-6-4-9-25(23(20)18-21)32-33-29-31-26-7-2-3-10-27(26)37-29/h2-3,5,7-8,10-18H,4,6,9H2,1H3,(H,30,34)(H,31,33)/b32-25+. The number of thiazole rings is 1. The monoisotopic (exact) mass is 539 g/mol. The van der Waals surface area contributed by atoms with E-state index in [-0.39, 0.29) is 10.7 Å². The normalized spacial score (nSPS) is 14.4. The van der Waals surface area contributed by atoms with Crippen LogP contribution in [0.15, 0.2) is 94.9 Å². The molecule has 0 saturated carbocycles. The Morgan fingerprint density at radius 3 is 2.58 bits per heavy atom. The maximum atomic E-state index is 12.9. The fourth-order valence-corrected chi connectivity index (χ4v) is 6.33. The Bertz CT molecular complexity index is 1740. The molecule has 2 N–H and O–H groups in total. The number of hydrogen-bond acceptors (Lipinski definition) is 7. The molecule has 6 rings (SSSR count). The Morgan fingerprint density at radius 1 is 0.895 bits per heavy atom. The predicted molar refractivity (Wildman–Crippen MR) is 154 cm³/mol. The first-order valence-electron chi connectivity index (χ1n) is 12.3. The van der Waals surface area contributed by atoms with Crippen molar-refractivity contribution in [1.29, 1.82) is 0 Å². The van der Waals surface area contributed by atoms with Crippen molar-refractivity contribution >= 4 is 48.2 Å². The molecule has 2 aromatic heterocycles. The molecule has 0 fully saturated rings. The minimum absolute atomic E-state index is 0.200. The number of sulfonamides is 1. The molecule has 38 heavy (non-hydrogen) atoms. The van der Waals surface area contributed by atoms with Crippen molar-refractivity contribution in [2.75, 3.05) is 10.1 Å². The van der Waals surface area contributed by atoms with Crippen LogP contribution < -0.4 is 10.1 Å². The lowest BCUT2D eigenvalue weighted by molar-refractivity contribution is 0.601. The molecule has 0 atom stereocenters. The molecule has 7 nitrogen and oxygen atoms in total. The number of fused-ring (bicyclic) bond motifs is 2. The second-order valence-electron chi connectivity index (χ2n) is 9.21. The van der Waals surface area contributed by atoms with Crippen LogP contribution in [-0.2, 0) is 16.4 Å². The molecule has 0 radical (unpaired) electrons. The fraction of sp³-hybridized carbons (Fsp3) is 0.138. The third kappa shape index (κ3) is 5.03. The second kappa shape index (κ2) is 10.00. The molecule has 1 aliphatic carbocycles. The summed E-state index contributed by atoms with van der Waals surface area (Å²) in [5.74, 6) is 0.271. The maximum absolute atomic E-state index is 12.9. The lowest BCUT2D eigenvalue weighted by Crippen LogP contribution is -2.14. The molecule has 190 valence electrons. The number of pyridine rings is 1. The third-order valence-electron chi connectivity index (χ3n) is 6.48. The molecule has 3 aromatic carbocycles. The molecule has 0 saturated heterocycles. The average molecular weight is 540 g/mol. The number of aryl methyl sites for hydroxylation is 2. The van der Waals surface area contributed by atoms with Crippen molar-refractivity contribution in [3.05, 3.63) is 102 Å². The summed E-state index contributed by atoms with van der Waals surface area (Å²) < 4.78 is 29.4. The number of hydrazone groups is 1. The topological polar surface area (TPSA) is 96.3 Å². The van der Waals surface area contributed by atoms with E-state index in [1.165, 1.54) is 5.56 Å². The predicted octanol–water partition coefficient (Wildman–Crippen LogP) is 6.62. The Balaban J connectivity index is 1.27. The highest BCUT2D eigenvalue weighted by Crippen LogP contribution is 2.29. The average Bonchev–Trinajstić information content (AvgIpc) is 3.35. The van der Waals surface area contributed by atoms with Crippen LogP contribution in [0.25, 0.3) is 21.5 Å². The summed E-state index contributed by atoms with van der Waals surface area (Å²) in [6.07, 6.45) is 2.87. The van der Waals surface area contributed by atoms with Crippen molar-refractivity contribution in [3.63, 3.8) is 0 Å². The number of aromatic nitrogens is 2. The smallest absolute Gasteiger partial charge is 0.263 e. The van der Waals surface area contributed by atoms with Crippen LogP contribution in [0.1, 0.15) is 29.5 Å². The molecule has 1 aliphatic rings. The minimum Gasteiger partial charge on any atom is -0.263 e. The van der Waals surface area contributed by atoms with Crippen LogP contribution in [0, 0.1) is 6.92 Å². The summed E-state index contributed by atoms with van der Waals surface area (Å²) in [5.41, 5.74) is 9.98. The van der Waals surface area contributed by atoms with Crippen LogP contribution in [0.2, 0.25) is 0 Å². The highest BCUT2D eigenvalue weighted by molar-refractivity contribution is 7.92. The van der Waals surface area contributed by atoms with Crippen molar-refractivity contribution in [2.45, 2.75) is 31.1 Å². The summed E-state index contributed by atoms with van der Waals surface area (Å²) >= 11 is 1.58. The molecular formula is C29H25N5O2S2. The van der Waals surface area contributed by atoms with Crippen molar-refractivity contribution in [2.24, 2.45) is 5.10 Å². The van der Waals surface area contributed by atoms with Crippen LogP contribution in [-0.4, -0.2) is 24.1 Å². The maximum Gasteiger partial charge on any atom is 0.263 e. The SMILES string of the molecule is Cc1ccc(S(=O)(=O)Nc2cccc(-c3ccc4c(c3)/C(=N/Nc3nc5ccccc5s3)CCC4)n2)cc1. The minimum atomic E-state index is -3.74. The van der Waals surface area contributed by atoms with Gasteiger partial charge in [-0.25, -0.2) is 18.4 Å². The molecule has 2 heterocycles. The number of anilines is 2. The highest BCUT2D eigenvalue weighted by atomic mass is 32.2. The van der Waals surface area contributed by atoms with Gasteiger partial charge in [-0.05, 0) is 74.2 Å². The summed E-state index contributed by atoms with van der Waals surface area (Å²) in [6, 6.07) is 26.3. The van der Waals surface area contributed by atoms with E-state index in [0.717, 1.165) is 57.0 Å². The molecule has 0 bridgehead atoms. The van der Waals surface area contributed by atoms with Gasteiger partial charge in [-0.15, -0.1) is 0 Å². The largest absolute Gasteiger partial charge is 0.263 e. The molecule has 0 unspecified atom stereocenters. The van der Waals surface area contributed by atoms with Crippen molar-refractivity contribution in [1.82, 2.24) is 9.97 Å². The number of rotatable bonds is 6. The van der Waals surface area contributed by atoms with E-state index in [0.29, 0.717) is 5.69 Å². The fourth-order valence-electron chi connectivity index (χ4n) is 4.52. The van der Waals surface area contributed by atoms with Crippen LogP contribution in [0.4, 0.5) is 10.9 Å². The van der Waals surface area contributed by atoms with Gasteiger partial charge in [-0.2, -0.15) is 5.10 Å². The number of nitrogens with zero attached hydrogens (tertiary/aromatic N) is 3. The Kier molecular flexibility index (Phi) is 6.39. The molecule has 0 spiro atoms.